The molecule has 3 N–H and O–H groups in total. The molecule has 0 bridgehead atoms. The Labute approximate surface area is 184 Å². The van der Waals surface area contributed by atoms with Crippen LogP contribution in [0.5, 0.6) is 0 Å². The van der Waals surface area contributed by atoms with E-state index in [1.165, 1.54) is 35.0 Å². The molecule has 5 aromatic rings. The van der Waals surface area contributed by atoms with Gasteiger partial charge in [-0.2, -0.15) is 13.2 Å². The molecule has 0 saturated carbocycles. The number of nitrogens with one attached hydrogen (secondary N) is 1. The van der Waals surface area contributed by atoms with Gasteiger partial charge in [-0.3, -0.25) is 4.79 Å². The summed E-state index contributed by atoms with van der Waals surface area (Å²) in [6.07, 6.45) is -1.41. The number of benzene rings is 2. The molecule has 0 unspecified atom stereocenters. The van der Waals surface area contributed by atoms with E-state index in [0.717, 1.165) is 17.5 Å². The Morgan fingerprint density at radius 2 is 1.91 bits per heavy atom. The van der Waals surface area contributed by atoms with Crippen molar-refractivity contribution in [2.24, 2.45) is 5.73 Å². The van der Waals surface area contributed by atoms with Crippen molar-refractivity contribution < 1.29 is 22.4 Å². The van der Waals surface area contributed by atoms with Crippen LogP contribution in [0.2, 0.25) is 0 Å². The molecular weight excluding hydrogens is 436 g/mol. The molecule has 3 heterocycles. The molecule has 0 atom stereocenters. The molecule has 0 saturated heterocycles. The summed E-state index contributed by atoms with van der Waals surface area (Å²) in [6, 6.07) is 12.5. The van der Waals surface area contributed by atoms with Gasteiger partial charge in [-0.05, 0) is 48.0 Å². The van der Waals surface area contributed by atoms with Gasteiger partial charge in [0.2, 0.25) is 0 Å². The highest BCUT2D eigenvalue weighted by Crippen LogP contribution is 2.39. The number of hydrogen-bond acceptors (Lipinski definition) is 2. The zero-order valence-corrected chi connectivity index (χ0v) is 16.9. The van der Waals surface area contributed by atoms with E-state index < -0.39 is 23.5 Å². The molecule has 1 amide bonds. The lowest BCUT2D eigenvalue weighted by Gasteiger charge is -2.11. The number of nitrogens with zero attached hydrogens (tertiary/aromatic N) is 2. The standard InChI is InChI=1S/C24H16F4N4O/c25-17-3-1-2-13(8-17)12-32-19-5-4-16(24(26,27)28)10-18(19)20(21(32)22(29)33)15-9-14-6-7-30-23(14)31-11-15/h1-11H,12H2,(H2,29,33)(H,30,31). The molecule has 0 aliphatic heterocycles. The second-order valence-corrected chi connectivity index (χ2v) is 7.67. The van der Waals surface area contributed by atoms with Gasteiger partial charge in [-0.1, -0.05) is 12.1 Å². The van der Waals surface area contributed by atoms with E-state index in [4.69, 9.17) is 5.73 Å². The maximum atomic E-state index is 13.8. The Balaban J connectivity index is 1.84. The van der Waals surface area contributed by atoms with Gasteiger partial charge >= 0.3 is 6.18 Å². The number of carbonyl (C=O) groups excluding carboxylic acids is 1. The van der Waals surface area contributed by atoms with Crippen molar-refractivity contribution in [3.8, 4) is 11.1 Å². The summed E-state index contributed by atoms with van der Waals surface area (Å²) in [6.45, 7) is 0.0394. The van der Waals surface area contributed by atoms with Crippen LogP contribution in [0.25, 0.3) is 33.1 Å². The van der Waals surface area contributed by atoms with E-state index >= 15 is 0 Å². The lowest BCUT2D eigenvalue weighted by atomic mass is 10.0. The Hall–Kier alpha value is -4.14. The van der Waals surface area contributed by atoms with E-state index in [-0.39, 0.29) is 23.2 Å². The summed E-state index contributed by atoms with van der Waals surface area (Å²) in [5.74, 6) is -1.29. The molecule has 0 fully saturated rings. The smallest absolute Gasteiger partial charge is 0.364 e. The Kier molecular flexibility index (Phi) is 4.70. The van der Waals surface area contributed by atoms with Crippen LogP contribution in [-0.2, 0) is 12.7 Å². The molecule has 166 valence electrons. The van der Waals surface area contributed by atoms with Gasteiger partial charge in [0.1, 0.15) is 17.2 Å². The summed E-state index contributed by atoms with van der Waals surface area (Å²) in [5, 5.41) is 0.924. The van der Waals surface area contributed by atoms with E-state index in [1.807, 2.05) is 0 Å². The molecule has 0 spiro atoms. The minimum atomic E-state index is -4.58. The van der Waals surface area contributed by atoms with Crippen molar-refractivity contribution in [3.63, 3.8) is 0 Å². The third-order valence-corrected chi connectivity index (χ3v) is 5.54. The number of H-pyrrole nitrogens is 1. The number of amides is 1. The topological polar surface area (TPSA) is 76.7 Å². The number of aromatic amines is 1. The van der Waals surface area contributed by atoms with Crippen LogP contribution in [0.3, 0.4) is 0 Å². The zero-order chi connectivity index (χ0) is 23.3. The first-order valence-electron chi connectivity index (χ1n) is 9.93. The molecular formula is C24H16F4N4O. The normalized spacial score (nSPS) is 12.0. The van der Waals surface area contributed by atoms with Gasteiger partial charge in [0.25, 0.3) is 5.91 Å². The van der Waals surface area contributed by atoms with Gasteiger partial charge in [-0.25, -0.2) is 9.37 Å². The zero-order valence-electron chi connectivity index (χ0n) is 16.9. The monoisotopic (exact) mass is 452 g/mol. The number of halogens is 4. The van der Waals surface area contributed by atoms with Gasteiger partial charge in [0.15, 0.2) is 0 Å². The summed E-state index contributed by atoms with van der Waals surface area (Å²) in [7, 11) is 0. The summed E-state index contributed by atoms with van der Waals surface area (Å²) < 4.78 is 55.8. The van der Waals surface area contributed by atoms with Crippen LogP contribution in [0, 0.1) is 5.82 Å². The fourth-order valence-corrected chi connectivity index (χ4v) is 4.14. The van der Waals surface area contributed by atoms with Crippen molar-refractivity contribution >= 4 is 27.8 Å². The van der Waals surface area contributed by atoms with Crippen LogP contribution in [0.1, 0.15) is 21.6 Å². The minimum Gasteiger partial charge on any atom is -0.364 e. The average Bonchev–Trinajstić information content (AvgIpc) is 3.35. The molecule has 9 heteroatoms. The largest absolute Gasteiger partial charge is 0.416 e. The highest BCUT2D eigenvalue weighted by molar-refractivity contribution is 6.10. The third-order valence-electron chi connectivity index (χ3n) is 5.54. The highest BCUT2D eigenvalue weighted by Gasteiger charge is 2.32. The molecule has 5 rings (SSSR count). The number of hydrogen-bond donors (Lipinski definition) is 2. The van der Waals surface area contributed by atoms with Crippen molar-refractivity contribution in [1.29, 1.82) is 0 Å². The van der Waals surface area contributed by atoms with E-state index in [9.17, 15) is 22.4 Å². The van der Waals surface area contributed by atoms with Gasteiger partial charge < -0.3 is 15.3 Å². The number of fused-ring (bicyclic) bond motifs is 2. The van der Waals surface area contributed by atoms with Gasteiger partial charge in [0, 0.05) is 46.4 Å². The first-order valence-corrected chi connectivity index (χ1v) is 9.93. The van der Waals surface area contributed by atoms with Crippen molar-refractivity contribution in [2.45, 2.75) is 12.7 Å². The van der Waals surface area contributed by atoms with Crippen LogP contribution >= 0.6 is 0 Å². The molecule has 0 aliphatic carbocycles. The molecule has 0 aliphatic rings. The van der Waals surface area contributed by atoms with Crippen molar-refractivity contribution in [3.05, 3.63) is 89.6 Å². The second-order valence-electron chi connectivity index (χ2n) is 7.67. The minimum absolute atomic E-state index is 0.0188. The van der Waals surface area contributed by atoms with Crippen molar-refractivity contribution in [1.82, 2.24) is 14.5 Å². The van der Waals surface area contributed by atoms with Gasteiger partial charge in [0.05, 0.1) is 5.56 Å². The number of alkyl halides is 3. The highest BCUT2D eigenvalue weighted by atomic mass is 19.4. The van der Waals surface area contributed by atoms with Gasteiger partial charge in [-0.15, -0.1) is 0 Å². The molecule has 0 radical (unpaired) electrons. The molecule has 2 aromatic carbocycles. The van der Waals surface area contributed by atoms with E-state index in [1.54, 1.807) is 24.4 Å². The summed E-state index contributed by atoms with van der Waals surface area (Å²) in [4.78, 5) is 19.9. The predicted octanol–water partition coefficient (Wildman–Crippen LogP) is 5.49. The summed E-state index contributed by atoms with van der Waals surface area (Å²) >= 11 is 0. The summed E-state index contributed by atoms with van der Waals surface area (Å²) in [5.41, 5.74) is 7.08. The average molecular weight is 452 g/mol. The molecule has 3 aromatic heterocycles. The Morgan fingerprint density at radius 3 is 2.64 bits per heavy atom. The third kappa shape index (κ3) is 3.61. The lowest BCUT2D eigenvalue weighted by molar-refractivity contribution is -0.137. The Bertz CT molecular complexity index is 1530. The fraction of sp³-hybridized carbons (Fsp3) is 0.0833. The SMILES string of the molecule is NC(=O)c1c(-c2cnc3[nH]ccc3c2)c2cc(C(F)(F)F)ccc2n1Cc1cccc(F)c1. The number of primary amides is 1. The second kappa shape index (κ2) is 7.47. The quantitative estimate of drug-likeness (QED) is 0.354. The fourth-order valence-electron chi connectivity index (χ4n) is 4.14. The first-order chi connectivity index (χ1) is 15.7. The van der Waals surface area contributed by atoms with Crippen LogP contribution < -0.4 is 5.73 Å². The maximum absolute atomic E-state index is 13.8. The maximum Gasteiger partial charge on any atom is 0.416 e. The first kappa shape index (κ1) is 20.7. The number of nitrogens with two attached hydrogens (primary N) is 1. The molecule has 33 heavy (non-hydrogen) atoms. The number of pyridine rings is 1. The van der Waals surface area contributed by atoms with E-state index in [0.29, 0.717) is 22.3 Å². The van der Waals surface area contributed by atoms with E-state index in [2.05, 4.69) is 9.97 Å². The Morgan fingerprint density at radius 1 is 1.09 bits per heavy atom. The number of rotatable bonds is 4. The van der Waals surface area contributed by atoms with Crippen LogP contribution in [0.15, 0.2) is 67.0 Å². The van der Waals surface area contributed by atoms with Crippen LogP contribution in [-0.4, -0.2) is 20.4 Å². The van der Waals surface area contributed by atoms with Crippen LogP contribution in [0.4, 0.5) is 17.6 Å². The lowest BCUT2D eigenvalue weighted by Crippen LogP contribution is -2.18. The van der Waals surface area contributed by atoms with Crippen molar-refractivity contribution in [2.75, 3.05) is 0 Å². The number of aromatic nitrogens is 3. The predicted molar refractivity (Wildman–Crippen MR) is 116 cm³/mol. The number of carbonyl (C=O) groups is 1. The molecule has 5 nitrogen and oxygen atoms in total.